The molecule has 17 heavy (non-hydrogen) atoms. The smallest absolute Gasteiger partial charge is 0.337 e. The summed E-state index contributed by atoms with van der Waals surface area (Å²) in [6, 6.07) is 3.90. The zero-order chi connectivity index (χ0) is 13.1. The molecule has 0 aliphatic rings. The molecule has 0 amide bonds. The van der Waals surface area contributed by atoms with Crippen molar-refractivity contribution < 1.29 is 18.3 Å². The molecule has 0 heterocycles. The normalized spacial score (nSPS) is 11.1. The summed E-state index contributed by atoms with van der Waals surface area (Å²) in [5.74, 6) is -1.26. The van der Waals surface area contributed by atoms with Crippen LogP contribution in [0.3, 0.4) is 0 Å². The maximum atomic E-state index is 11.4. The molecule has 1 aromatic rings. The van der Waals surface area contributed by atoms with E-state index in [1.807, 2.05) is 0 Å². The SMILES string of the molecule is CCNS(=O)(=O)Nc1ccc(N)cc1C(=O)O. The van der Waals surface area contributed by atoms with E-state index in [-0.39, 0.29) is 23.5 Å². The van der Waals surface area contributed by atoms with Crippen molar-refractivity contribution in [3.05, 3.63) is 23.8 Å². The summed E-state index contributed by atoms with van der Waals surface area (Å²) in [5, 5.41) is 8.91. The predicted octanol–water partition coefficient (Wildman–Crippen LogP) is 0.233. The van der Waals surface area contributed by atoms with Crippen molar-refractivity contribution in [2.45, 2.75) is 6.92 Å². The third-order valence-corrected chi connectivity index (χ3v) is 3.01. The summed E-state index contributed by atoms with van der Waals surface area (Å²) >= 11 is 0. The molecular formula is C9H13N3O4S. The Morgan fingerprint density at radius 3 is 2.65 bits per heavy atom. The fourth-order valence-electron chi connectivity index (χ4n) is 1.20. The van der Waals surface area contributed by atoms with E-state index >= 15 is 0 Å². The number of nitrogens with one attached hydrogen (secondary N) is 2. The molecule has 0 spiro atoms. The second kappa shape index (κ2) is 5.02. The van der Waals surface area contributed by atoms with E-state index in [4.69, 9.17) is 10.8 Å². The van der Waals surface area contributed by atoms with E-state index in [0.29, 0.717) is 0 Å². The molecule has 7 nitrogen and oxygen atoms in total. The summed E-state index contributed by atoms with van der Waals surface area (Å²) < 4.78 is 27.1. The Labute approximate surface area is 98.8 Å². The number of carbonyl (C=O) groups is 1. The van der Waals surface area contributed by atoms with Crippen LogP contribution in [0, 0.1) is 0 Å². The van der Waals surface area contributed by atoms with Gasteiger partial charge in [-0.25, -0.2) is 4.79 Å². The zero-order valence-electron chi connectivity index (χ0n) is 9.10. The lowest BCUT2D eigenvalue weighted by Gasteiger charge is -2.10. The maximum absolute atomic E-state index is 11.4. The molecule has 8 heteroatoms. The molecule has 0 aliphatic heterocycles. The maximum Gasteiger partial charge on any atom is 0.337 e. The van der Waals surface area contributed by atoms with Crippen LogP contribution in [0.2, 0.25) is 0 Å². The number of carboxylic acids is 1. The Kier molecular flexibility index (Phi) is 3.92. The minimum atomic E-state index is -3.76. The van der Waals surface area contributed by atoms with E-state index in [2.05, 4.69) is 9.44 Å². The molecule has 0 atom stereocenters. The Bertz CT molecular complexity index is 527. The molecule has 0 radical (unpaired) electrons. The average Bonchev–Trinajstić information content (AvgIpc) is 2.20. The van der Waals surface area contributed by atoms with Crippen LogP contribution in [0.1, 0.15) is 17.3 Å². The van der Waals surface area contributed by atoms with Crippen LogP contribution in [-0.2, 0) is 10.2 Å². The largest absolute Gasteiger partial charge is 0.478 e. The summed E-state index contributed by atoms with van der Waals surface area (Å²) in [6.45, 7) is 1.81. The molecule has 0 saturated heterocycles. The van der Waals surface area contributed by atoms with Gasteiger partial charge in [0.05, 0.1) is 11.3 Å². The van der Waals surface area contributed by atoms with Crippen molar-refractivity contribution in [2.24, 2.45) is 0 Å². The first-order valence-corrected chi connectivity index (χ1v) is 6.24. The molecule has 0 aliphatic carbocycles. The molecule has 0 saturated carbocycles. The van der Waals surface area contributed by atoms with Crippen LogP contribution < -0.4 is 15.2 Å². The highest BCUT2D eigenvalue weighted by Gasteiger charge is 2.15. The third kappa shape index (κ3) is 3.61. The Morgan fingerprint density at radius 2 is 2.12 bits per heavy atom. The molecule has 0 fully saturated rings. The summed E-state index contributed by atoms with van der Waals surface area (Å²) in [4.78, 5) is 10.9. The lowest BCUT2D eigenvalue weighted by Crippen LogP contribution is -2.30. The molecule has 0 bridgehead atoms. The summed E-state index contributed by atoms with van der Waals surface area (Å²) in [6.07, 6.45) is 0. The number of nitrogens with two attached hydrogens (primary N) is 1. The first-order chi connectivity index (χ1) is 7.85. The van der Waals surface area contributed by atoms with E-state index in [9.17, 15) is 13.2 Å². The Hall–Kier alpha value is -1.80. The van der Waals surface area contributed by atoms with Crippen LogP contribution in [0.4, 0.5) is 11.4 Å². The number of hydrogen-bond acceptors (Lipinski definition) is 4. The minimum Gasteiger partial charge on any atom is -0.478 e. The van der Waals surface area contributed by atoms with Gasteiger partial charge in [0, 0.05) is 12.2 Å². The van der Waals surface area contributed by atoms with Crippen LogP contribution in [0.15, 0.2) is 18.2 Å². The van der Waals surface area contributed by atoms with Gasteiger partial charge in [-0.3, -0.25) is 4.72 Å². The van der Waals surface area contributed by atoms with E-state index in [1.165, 1.54) is 18.2 Å². The number of nitrogen functional groups attached to an aromatic ring is 1. The molecule has 1 aromatic carbocycles. The number of hydrogen-bond donors (Lipinski definition) is 4. The number of anilines is 2. The van der Waals surface area contributed by atoms with Gasteiger partial charge < -0.3 is 10.8 Å². The lowest BCUT2D eigenvalue weighted by atomic mass is 10.1. The Balaban J connectivity index is 3.11. The standard InChI is InChI=1S/C9H13N3O4S/c1-2-11-17(15,16)12-8-4-3-6(10)5-7(8)9(13)14/h3-5,11-12H,2,10H2,1H3,(H,13,14). The Morgan fingerprint density at radius 1 is 1.47 bits per heavy atom. The predicted molar refractivity (Wildman–Crippen MR) is 64.0 cm³/mol. The van der Waals surface area contributed by atoms with E-state index in [0.717, 1.165) is 0 Å². The lowest BCUT2D eigenvalue weighted by molar-refractivity contribution is 0.0698. The van der Waals surface area contributed by atoms with E-state index < -0.39 is 16.2 Å². The molecular weight excluding hydrogens is 246 g/mol. The van der Waals surface area contributed by atoms with Crippen LogP contribution in [0.25, 0.3) is 0 Å². The molecule has 1 rings (SSSR count). The van der Waals surface area contributed by atoms with Crippen LogP contribution >= 0.6 is 0 Å². The van der Waals surface area contributed by atoms with Crippen molar-refractivity contribution in [1.29, 1.82) is 0 Å². The van der Waals surface area contributed by atoms with Gasteiger partial charge in [0.2, 0.25) is 0 Å². The highest BCUT2D eigenvalue weighted by Crippen LogP contribution is 2.19. The van der Waals surface area contributed by atoms with Gasteiger partial charge in [0.15, 0.2) is 0 Å². The van der Waals surface area contributed by atoms with Gasteiger partial charge in [-0.1, -0.05) is 6.92 Å². The second-order valence-electron chi connectivity index (χ2n) is 3.21. The quantitative estimate of drug-likeness (QED) is 0.564. The second-order valence-corrected chi connectivity index (χ2v) is 4.71. The van der Waals surface area contributed by atoms with Crippen LogP contribution in [-0.4, -0.2) is 26.0 Å². The van der Waals surface area contributed by atoms with Crippen LogP contribution in [0.5, 0.6) is 0 Å². The molecule has 5 N–H and O–H groups in total. The monoisotopic (exact) mass is 259 g/mol. The highest BCUT2D eigenvalue weighted by atomic mass is 32.2. The first-order valence-electron chi connectivity index (χ1n) is 4.76. The van der Waals surface area contributed by atoms with Gasteiger partial charge in [-0.05, 0) is 18.2 Å². The molecule has 0 unspecified atom stereocenters. The zero-order valence-corrected chi connectivity index (χ0v) is 9.91. The van der Waals surface area contributed by atoms with Gasteiger partial charge in [0.1, 0.15) is 0 Å². The summed E-state index contributed by atoms with van der Waals surface area (Å²) in [5.41, 5.74) is 5.44. The number of carboxylic acid groups (broad SMARTS) is 1. The fraction of sp³-hybridized carbons (Fsp3) is 0.222. The van der Waals surface area contributed by atoms with Gasteiger partial charge in [0.25, 0.3) is 10.2 Å². The third-order valence-electron chi connectivity index (χ3n) is 1.85. The molecule has 94 valence electrons. The average molecular weight is 259 g/mol. The minimum absolute atomic E-state index is 0.0346. The van der Waals surface area contributed by atoms with Gasteiger partial charge in [-0.2, -0.15) is 13.1 Å². The van der Waals surface area contributed by atoms with Gasteiger partial charge in [-0.15, -0.1) is 0 Å². The van der Waals surface area contributed by atoms with Crippen molar-refractivity contribution in [1.82, 2.24) is 4.72 Å². The fourth-order valence-corrected chi connectivity index (χ4v) is 2.12. The van der Waals surface area contributed by atoms with Crippen molar-refractivity contribution in [2.75, 3.05) is 17.0 Å². The highest BCUT2D eigenvalue weighted by molar-refractivity contribution is 7.90. The number of aromatic carboxylic acids is 1. The van der Waals surface area contributed by atoms with Crippen molar-refractivity contribution >= 4 is 27.6 Å². The number of rotatable bonds is 5. The van der Waals surface area contributed by atoms with E-state index in [1.54, 1.807) is 6.92 Å². The van der Waals surface area contributed by atoms with Crippen molar-refractivity contribution in [3.63, 3.8) is 0 Å². The topological polar surface area (TPSA) is 122 Å². The van der Waals surface area contributed by atoms with Gasteiger partial charge >= 0.3 is 5.97 Å². The molecule has 0 aromatic heterocycles. The summed E-state index contributed by atoms with van der Waals surface area (Å²) in [7, 11) is -3.76. The number of benzene rings is 1. The first kappa shape index (κ1) is 13.3. The van der Waals surface area contributed by atoms with Crippen molar-refractivity contribution in [3.8, 4) is 0 Å².